The molecule has 1 aliphatic carbocycles. The third kappa shape index (κ3) is 4.03. The summed E-state index contributed by atoms with van der Waals surface area (Å²) >= 11 is 12.2. The van der Waals surface area contributed by atoms with E-state index in [4.69, 9.17) is 28.0 Å². The first-order valence-corrected chi connectivity index (χ1v) is 9.87. The maximum atomic E-state index is 15.4. The molecule has 29 heavy (non-hydrogen) atoms. The first-order valence-electron chi connectivity index (χ1n) is 9.11. The van der Waals surface area contributed by atoms with Gasteiger partial charge in [0.15, 0.2) is 5.82 Å². The molecule has 1 N–H and O–H groups in total. The van der Waals surface area contributed by atoms with Crippen LogP contribution < -0.4 is 5.32 Å². The Morgan fingerprint density at radius 1 is 1.38 bits per heavy atom. The number of nitrogens with one attached hydrogen (secondary N) is 1. The molecule has 0 unspecified atom stereocenters. The number of hydrogen-bond acceptors (Lipinski definition) is 4. The smallest absolute Gasteiger partial charge is 0.279 e. The average molecular weight is 437 g/mol. The van der Waals surface area contributed by atoms with Crippen LogP contribution in [0.25, 0.3) is 11.0 Å². The summed E-state index contributed by atoms with van der Waals surface area (Å²) < 4.78 is 17.0. The summed E-state index contributed by atoms with van der Waals surface area (Å²) in [6, 6.07) is 6.37. The van der Waals surface area contributed by atoms with E-state index in [9.17, 15) is 4.79 Å². The van der Waals surface area contributed by atoms with Crippen molar-refractivity contribution >= 4 is 51.5 Å². The van der Waals surface area contributed by atoms with E-state index in [-0.39, 0.29) is 16.8 Å². The van der Waals surface area contributed by atoms with Crippen molar-refractivity contribution in [3.05, 3.63) is 52.0 Å². The van der Waals surface area contributed by atoms with Gasteiger partial charge in [-0.15, -0.1) is 0 Å². The maximum absolute atomic E-state index is 15.4. The highest BCUT2D eigenvalue weighted by atomic mass is 35.5. The lowest BCUT2D eigenvalue weighted by Crippen LogP contribution is -2.28. The number of fused-ring (bicyclic) bond motifs is 1. The van der Waals surface area contributed by atoms with Crippen molar-refractivity contribution in [2.45, 2.75) is 12.8 Å². The Morgan fingerprint density at radius 2 is 2.14 bits per heavy atom. The van der Waals surface area contributed by atoms with Crippen molar-refractivity contribution in [2.75, 3.05) is 19.0 Å². The van der Waals surface area contributed by atoms with Gasteiger partial charge in [0.25, 0.3) is 5.91 Å². The van der Waals surface area contributed by atoms with Crippen LogP contribution in [0.4, 0.5) is 15.8 Å². The molecule has 1 aliphatic rings. The Morgan fingerprint density at radius 3 is 2.83 bits per heavy atom. The molecular weight excluding hydrogens is 418 g/mol. The minimum absolute atomic E-state index is 0.0210. The largest absolute Gasteiger partial charge is 0.351 e. The van der Waals surface area contributed by atoms with Crippen LogP contribution in [0, 0.1) is 11.7 Å². The summed E-state index contributed by atoms with van der Waals surface area (Å²) in [6.45, 7) is 0.463. The van der Waals surface area contributed by atoms with Crippen LogP contribution in [-0.4, -0.2) is 34.2 Å². The van der Waals surface area contributed by atoms with Crippen LogP contribution >= 0.6 is 23.2 Å². The molecule has 6 nitrogen and oxygen atoms in total. The number of nitrogens with zero attached hydrogens (tertiary/aromatic N) is 3. The fourth-order valence-corrected chi connectivity index (χ4v) is 3.43. The number of hydrogen-bond donors (Lipinski definition) is 1. The lowest BCUT2D eigenvalue weighted by atomic mass is 10.1. The second kappa shape index (κ2) is 7.82. The number of imidazole rings is 1. The summed E-state index contributed by atoms with van der Waals surface area (Å²) in [5.74, 6) is -0.639. The van der Waals surface area contributed by atoms with E-state index in [0.717, 1.165) is 17.9 Å². The lowest BCUT2D eigenvalue weighted by Gasteiger charge is -2.20. The quantitative estimate of drug-likeness (QED) is 0.541. The van der Waals surface area contributed by atoms with Crippen molar-refractivity contribution in [2.24, 2.45) is 13.0 Å². The maximum Gasteiger partial charge on any atom is 0.279 e. The fraction of sp³-hybridized carbons (Fsp3) is 0.300. The minimum Gasteiger partial charge on any atom is -0.351 e. The third-order valence-corrected chi connectivity index (χ3v) is 5.42. The molecule has 1 heterocycles. The van der Waals surface area contributed by atoms with E-state index in [2.05, 4.69) is 10.3 Å². The molecule has 0 spiro atoms. The van der Waals surface area contributed by atoms with E-state index >= 15 is 4.39 Å². The standard InChI is InChI=1S/C20H19Cl2FN4O2/c1-26-10-24-19-16(26)8-13(20(28)27(2)29-9-11-3-4-11)18(17(19)23)25-15-6-5-12(21)7-14(15)22/h5-8,10-11,25H,3-4,9H2,1-2H3. The number of carbonyl (C=O) groups excluding carboxylic acids is 1. The van der Waals surface area contributed by atoms with E-state index in [0.29, 0.717) is 33.8 Å². The Kier molecular flexibility index (Phi) is 5.38. The summed E-state index contributed by atoms with van der Waals surface area (Å²) in [5.41, 5.74) is 1.16. The zero-order valence-corrected chi connectivity index (χ0v) is 17.4. The molecule has 4 rings (SSSR count). The van der Waals surface area contributed by atoms with Gasteiger partial charge in [-0.25, -0.2) is 14.4 Å². The number of aryl methyl sites for hydroxylation is 1. The molecule has 2 aromatic carbocycles. The van der Waals surface area contributed by atoms with Crippen LogP contribution in [0.3, 0.4) is 0 Å². The molecule has 0 saturated heterocycles. The molecule has 1 amide bonds. The normalized spacial score (nSPS) is 13.7. The van der Waals surface area contributed by atoms with Gasteiger partial charge >= 0.3 is 0 Å². The molecule has 0 bridgehead atoms. The van der Waals surface area contributed by atoms with E-state index in [1.54, 1.807) is 29.8 Å². The monoisotopic (exact) mass is 436 g/mol. The van der Waals surface area contributed by atoms with Crippen molar-refractivity contribution in [1.82, 2.24) is 14.6 Å². The summed E-state index contributed by atoms with van der Waals surface area (Å²) in [6.07, 6.45) is 3.69. The van der Waals surface area contributed by atoms with Gasteiger partial charge in [0.1, 0.15) is 5.52 Å². The number of hydroxylamine groups is 2. The Labute approximate surface area is 177 Å². The average Bonchev–Trinajstić information content (AvgIpc) is 3.45. The van der Waals surface area contributed by atoms with Crippen molar-refractivity contribution in [1.29, 1.82) is 0 Å². The van der Waals surface area contributed by atoms with Crippen molar-refractivity contribution in [3.8, 4) is 0 Å². The zero-order valence-electron chi connectivity index (χ0n) is 15.9. The first kappa shape index (κ1) is 19.9. The number of rotatable bonds is 6. The van der Waals surface area contributed by atoms with E-state index in [1.807, 2.05) is 0 Å². The van der Waals surface area contributed by atoms with Crippen LogP contribution in [-0.2, 0) is 11.9 Å². The Bertz CT molecular complexity index is 1100. The number of anilines is 2. The van der Waals surface area contributed by atoms with Crippen molar-refractivity contribution in [3.63, 3.8) is 0 Å². The predicted molar refractivity (Wildman–Crippen MR) is 111 cm³/mol. The molecule has 0 atom stereocenters. The Balaban J connectivity index is 1.76. The first-order chi connectivity index (χ1) is 13.8. The lowest BCUT2D eigenvalue weighted by molar-refractivity contribution is -0.109. The summed E-state index contributed by atoms with van der Waals surface area (Å²) in [5, 5.41) is 4.83. The van der Waals surface area contributed by atoms with Gasteiger partial charge in [0.05, 0.1) is 40.4 Å². The second-order valence-corrected chi connectivity index (χ2v) is 7.97. The van der Waals surface area contributed by atoms with Gasteiger partial charge in [0.2, 0.25) is 0 Å². The second-order valence-electron chi connectivity index (χ2n) is 7.13. The number of halogens is 3. The fourth-order valence-electron chi connectivity index (χ4n) is 2.97. The van der Waals surface area contributed by atoms with Gasteiger partial charge in [0, 0.05) is 19.1 Å². The van der Waals surface area contributed by atoms with E-state index < -0.39 is 11.7 Å². The minimum atomic E-state index is -0.645. The number of aromatic nitrogens is 2. The van der Waals surface area contributed by atoms with Gasteiger partial charge < -0.3 is 9.88 Å². The van der Waals surface area contributed by atoms with Crippen LogP contribution in [0.2, 0.25) is 10.0 Å². The topological polar surface area (TPSA) is 59.4 Å². The van der Waals surface area contributed by atoms with E-state index in [1.165, 1.54) is 19.4 Å². The molecule has 1 aromatic heterocycles. The van der Waals surface area contributed by atoms with Crippen LogP contribution in [0.5, 0.6) is 0 Å². The summed E-state index contributed by atoms with van der Waals surface area (Å²) in [7, 11) is 3.26. The summed E-state index contributed by atoms with van der Waals surface area (Å²) in [4.78, 5) is 22.7. The van der Waals surface area contributed by atoms with Crippen LogP contribution in [0.15, 0.2) is 30.6 Å². The van der Waals surface area contributed by atoms with Gasteiger partial charge in [-0.1, -0.05) is 23.2 Å². The highest BCUT2D eigenvalue weighted by Gasteiger charge is 2.27. The van der Waals surface area contributed by atoms with Crippen LogP contribution in [0.1, 0.15) is 23.2 Å². The number of benzene rings is 2. The highest BCUT2D eigenvalue weighted by Crippen LogP contribution is 2.35. The number of carbonyl (C=O) groups is 1. The SMILES string of the molecule is CN(OCC1CC1)C(=O)c1cc2c(ncn2C)c(F)c1Nc1ccc(Cl)cc1Cl. The third-order valence-electron chi connectivity index (χ3n) is 4.87. The Hall–Kier alpha value is -2.35. The molecular formula is C20H19Cl2FN4O2. The van der Waals surface area contributed by atoms with Gasteiger partial charge in [-0.3, -0.25) is 9.63 Å². The molecule has 9 heteroatoms. The van der Waals surface area contributed by atoms with Gasteiger partial charge in [-0.2, -0.15) is 0 Å². The molecule has 1 fully saturated rings. The highest BCUT2D eigenvalue weighted by molar-refractivity contribution is 6.36. The number of amides is 1. The van der Waals surface area contributed by atoms with Crippen molar-refractivity contribution < 1.29 is 14.0 Å². The molecule has 0 aliphatic heterocycles. The van der Waals surface area contributed by atoms with Gasteiger partial charge in [-0.05, 0) is 43.0 Å². The molecule has 3 aromatic rings. The zero-order chi connectivity index (χ0) is 20.7. The molecule has 1 saturated carbocycles. The molecule has 152 valence electrons. The predicted octanol–water partition coefficient (Wildman–Crippen LogP) is 5.18. The molecule has 0 radical (unpaired) electrons.